The molecular formula is C20H23N3O2. The van der Waals surface area contributed by atoms with Crippen molar-refractivity contribution in [2.24, 2.45) is 0 Å². The molecule has 4 rings (SSSR count). The van der Waals surface area contributed by atoms with Crippen LogP contribution in [0.1, 0.15) is 28.6 Å². The van der Waals surface area contributed by atoms with Gasteiger partial charge in [0.05, 0.1) is 25.3 Å². The van der Waals surface area contributed by atoms with Gasteiger partial charge in [-0.15, -0.1) is 0 Å². The molecule has 1 atom stereocenters. The first-order valence-corrected chi connectivity index (χ1v) is 8.67. The van der Waals surface area contributed by atoms with Crippen LogP contribution >= 0.6 is 0 Å². The Bertz CT molecular complexity index is 810. The highest BCUT2D eigenvalue weighted by Gasteiger charge is 2.29. The number of hydrogen-bond donors (Lipinski definition) is 0. The molecule has 0 fully saturated rings. The van der Waals surface area contributed by atoms with E-state index in [-0.39, 0.29) is 5.92 Å². The number of hydrogen-bond acceptors (Lipinski definition) is 4. The fraction of sp³-hybridized carbons (Fsp3) is 0.350. The molecule has 0 saturated heterocycles. The minimum atomic E-state index is 0.256. The summed E-state index contributed by atoms with van der Waals surface area (Å²) in [5.74, 6) is 2.36. The van der Waals surface area contributed by atoms with Gasteiger partial charge in [0.15, 0.2) is 0 Å². The molecule has 1 aliphatic rings. The predicted octanol–water partition coefficient (Wildman–Crippen LogP) is 3.27. The summed E-state index contributed by atoms with van der Waals surface area (Å²) in [6.07, 6.45) is 5.67. The Kier molecular flexibility index (Phi) is 4.68. The van der Waals surface area contributed by atoms with Crippen LogP contribution in [-0.2, 0) is 24.4 Å². The lowest BCUT2D eigenvalue weighted by Crippen LogP contribution is -2.34. The second kappa shape index (κ2) is 7.25. The van der Waals surface area contributed by atoms with Crippen LogP contribution in [0.15, 0.2) is 59.5 Å². The van der Waals surface area contributed by atoms with Crippen molar-refractivity contribution < 1.29 is 9.15 Å². The summed E-state index contributed by atoms with van der Waals surface area (Å²) >= 11 is 0. The minimum absolute atomic E-state index is 0.256. The van der Waals surface area contributed by atoms with E-state index in [0.29, 0.717) is 6.61 Å². The smallest absolute Gasteiger partial charge is 0.117 e. The van der Waals surface area contributed by atoms with Crippen LogP contribution in [0.2, 0.25) is 0 Å². The number of rotatable bonds is 6. The molecule has 5 heteroatoms. The standard InChI is InChI=1S/C20H23N3O2/c1-24-12-10-23-9-8-21-20(23)19-15-22(14-17-6-4-11-25-17)13-16-5-2-3-7-18(16)19/h2-9,11,19H,10,12-15H2,1H3/t19-/m1/s1. The van der Waals surface area contributed by atoms with E-state index in [0.717, 1.165) is 37.8 Å². The normalized spacial score (nSPS) is 17.6. The van der Waals surface area contributed by atoms with Crippen LogP contribution in [0.5, 0.6) is 0 Å². The molecule has 0 spiro atoms. The molecular weight excluding hydrogens is 314 g/mol. The molecule has 0 aliphatic carbocycles. The number of nitrogens with zero attached hydrogens (tertiary/aromatic N) is 3. The van der Waals surface area contributed by atoms with Crippen LogP contribution in [0.4, 0.5) is 0 Å². The highest BCUT2D eigenvalue weighted by atomic mass is 16.5. The Balaban J connectivity index is 1.64. The average molecular weight is 337 g/mol. The van der Waals surface area contributed by atoms with E-state index in [4.69, 9.17) is 9.15 Å². The fourth-order valence-corrected chi connectivity index (χ4v) is 3.65. The van der Waals surface area contributed by atoms with Gasteiger partial charge in [-0.1, -0.05) is 24.3 Å². The largest absolute Gasteiger partial charge is 0.468 e. The summed E-state index contributed by atoms with van der Waals surface area (Å²) in [7, 11) is 1.73. The zero-order chi connectivity index (χ0) is 17.1. The summed E-state index contributed by atoms with van der Waals surface area (Å²) in [6, 6.07) is 12.7. The Morgan fingerprint density at radius 1 is 1.24 bits per heavy atom. The maximum atomic E-state index is 5.55. The lowest BCUT2D eigenvalue weighted by Gasteiger charge is -2.34. The third kappa shape index (κ3) is 3.38. The van der Waals surface area contributed by atoms with Crippen molar-refractivity contribution in [2.45, 2.75) is 25.6 Å². The molecule has 5 nitrogen and oxygen atoms in total. The van der Waals surface area contributed by atoms with Gasteiger partial charge in [-0.2, -0.15) is 0 Å². The van der Waals surface area contributed by atoms with E-state index in [9.17, 15) is 0 Å². The second-order valence-corrected chi connectivity index (χ2v) is 6.47. The number of imidazole rings is 1. The summed E-state index contributed by atoms with van der Waals surface area (Å²) < 4.78 is 13.0. The maximum Gasteiger partial charge on any atom is 0.117 e. The van der Waals surface area contributed by atoms with Gasteiger partial charge in [0.25, 0.3) is 0 Å². The average Bonchev–Trinajstić information content (AvgIpc) is 3.31. The van der Waals surface area contributed by atoms with E-state index in [1.165, 1.54) is 11.1 Å². The van der Waals surface area contributed by atoms with E-state index in [1.807, 2.05) is 24.5 Å². The van der Waals surface area contributed by atoms with E-state index < -0.39 is 0 Å². The van der Waals surface area contributed by atoms with Crippen molar-refractivity contribution in [2.75, 3.05) is 20.3 Å². The molecule has 3 aromatic rings. The Labute approximate surface area is 147 Å². The fourth-order valence-electron chi connectivity index (χ4n) is 3.65. The summed E-state index contributed by atoms with van der Waals surface area (Å²) in [5, 5.41) is 0. The zero-order valence-electron chi connectivity index (χ0n) is 14.5. The SMILES string of the molecule is COCCn1ccnc1[C@@H]1CN(Cc2ccco2)Cc2ccccc21. The molecule has 3 heterocycles. The molecule has 0 radical (unpaired) electrons. The van der Waals surface area contributed by atoms with Gasteiger partial charge in [-0.05, 0) is 23.3 Å². The number of ether oxygens (including phenoxy) is 1. The Morgan fingerprint density at radius 3 is 3.00 bits per heavy atom. The van der Waals surface area contributed by atoms with Gasteiger partial charge in [-0.3, -0.25) is 4.90 Å². The van der Waals surface area contributed by atoms with E-state index in [2.05, 4.69) is 38.7 Å². The first kappa shape index (κ1) is 16.1. The highest BCUT2D eigenvalue weighted by molar-refractivity contribution is 5.37. The topological polar surface area (TPSA) is 43.4 Å². The molecule has 130 valence electrons. The summed E-state index contributed by atoms with van der Waals surface area (Å²) in [4.78, 5) is 7.11. The van der Waals surface area contributed by atoms with Crippen molar-refractivity contribution in [3.63, 3.8) is 0 Å². The van der Waals surface area contributed by atoms with Crippen LogP contribution in [-0.4, -0.2) is 34.7 Å². The molecule has 1 aromatic carbocycles. The number of furan rings is 1. The quantitative estimate of drug-likeness (QED) is 0.692. The van der Waals surface area contributed by atoms with Gasteiger partial charge in [0.1, 0.15) is 11.6 Å². The van der Waals surface area contributed by atoms with Crippen molar-refractivity contribution in [3.05, 3.63) is 77.8 Å². The van der Waals surface area contributed by atoms with E-state index >= 15 is 0 Å². The lowest BCUT2D eigenvalue weighted by atomic mass is 9.89. The third-order valence-electron chi connectivity index (χ3n) is 4.82. The van der Waals surface area contributed by atoms with E-state index in [1.54, 1.807) is 13.4 Å². The Hall–Kier alpha value is -2.37. The molecule has 2 aromatic heterocycles. The van der Waals surface area contributed by atoms with Crippen molar-refractivity contribution in [1.29, 1.82) is 0 Å². The summed E-state index contributed by atoms with van der Waals surface area (Å²) in [5.41, 5.74) is 2.75. The first-order valence-electron chi connectivity index (χ1n) is 8.67. The van der Waals surface area contributed by atoms with Crippen LogP contribution in [0.25, 0.3) is 0 Å². The number of fused-ring (bicyclic) bond motifs is 1. The molecule has 0 amide bonds. The van der Waals surface area contributed by atoms with Gasteiger partial charge in [-0.25, -0.2) is 4.98 Å². The van der Waals surface area contributed by atoms with Gasteiger partial charge in [0, 0.05) is 39.1 Å². The highest BCUT2D eigenvalue weighted by Crippen LogP contribution is 2.33. The lowest BCUT2D eigenvalue weighted by molar-refractivity contribution is 0.183. The molecule has 0 bridgehead atoms. The molecule has 25 heavy (non-hydrogen) atoms. The maximum absolute atomic E-state index is 5.55. The number of aromatic nitrogens is 2. The van der Waals surface area contributed by atoms with Gasteiger partial charge < -0.3 is 13.7 Å². The van der Waals surface area contributed by atoms with Crippen LogP contribution in [0.3, 0.4) is 0 Å². The van der Waals surface area contributed by atoms with Crippen molar-refractivity contribution in [1.82, 2.24) is 14.5 Å². The van der Waals surface area contributed by atoms with Crippen molar-refractivity contribution >= 4 is 0 Å². The number of methoxy groups -OCH3 is 1. The minimum Gasteiger partial charge on any atom is -0.468 e. The van der Waals surface area contributed by atoms with Gasteiger partial charge in [0.2, 0.25) is 0 Å². The zero-order valence-corrected chi connectivity index (χ0v) is 14.5. The molecule has 0 N–H and O–H groups in total. The monoisotopic (exact) mass is 337 g/mol. The number of benzene rings is 1. The van der Waals surface area contributed by atoms with Crippen LogP contribution < -0.4 is 0 Å². The van der Waals surface area contributed by atoms with Crippen molar-refractivity contribution in [3.8, 4) is 0 Å². The second-order valence-electron chi connectivity index (χ2n) is 6.47. The predicted molar refractivity (Wildman–Crippen MR) is 95.2 cm³/mol. The van der Waals surface area contributed by atoms with Gasteiger partial charge >= 0.3 is 0 Å². The third-order valence-corrected chi connectivity index (χ3v) is 4.82. The molecule has 0 saturated carbocycles. The van der Waals surface area contributed by atoms with Crippen LogP contribution in [0, 0.1) is 0 Å². The molecule has 1 aliphatic heterocycles. The first-order chi connectivity index (χ1) is 12.3. The Morgan fingerprint density at radius 2 is 2.16 bits per heavy atom. The molecule has 0 unspecified atom stereocenters. The summed E-state index contributed by atoms with van der Waals surface area (Å²) in [6.45, 7) is 4.20.